The lowest BCUT2D eigenvalue weighted by Crippen LogP contribution is -2.11. The van der Waals surface area contributed by atoms with Crippen LogP contribution < -0.4 is 11.1 Å². The lowest BCUT2D eigenvalue weighted by Gasteiger charge is -2.13. The van der Waals surface area contributed by atoms with Crippen molar-refractivity contribution in [2.45, 2.75) is 6.54 Å². The highest BCUT2D eigenvalue weighted by molar-refractivity contribution is 6.31. The number of fused-ring (bicyclic) bond motifs is 3. The van der Waals surface area contributed by atoms with Crippen molar-refractivity contribution in [3.05, 3.63) is 106 Å². The summed E-state index contributed by atoms with van der Waals surface area (Å²) in [6.45, 7) is 0.113. The third kappa shape index (κ3) is 3.99. The van der Waals surface area contributed by atoms with E-state index in [1.54, 1.807) is 48.7 Å². The SMILES string of the molecule is NC(=O)c1cccc(Nc2ncc3c(n2)-c2ccc(Cl)cc2C(c2c(F)cccc2F)=NC3)c1. The van der Waals surface area contributed by atoms with E-state index in [1.807, 2.05) is 0 Å². The molecule has 6 nitrogen and oxygen atoms in total. The van der Waals surface area contributed by atoms with Crippen LogP contribution in [0.25, 0.3) is 11.3 Å². The Morgan fingerprint density at radius 3 is 2.53 bits per heavy atom. The summed E-state index contributed by atoms with van der Waals surface area (Å²) in [6, 6.07) is 15.3. The number of primary amides is 1. The van der Waals surface area contributed by atoms with Crippen molar-refractivity contribution in [1.29, 1.82) is 0 Å². The topological polar surface area (TPSA) is 93.3 Å². The molecule has 0 radical (unpaired) electrons. The number of nitrogens with two attached hydrogens (primary N) is 1. The number of hydrogen-bond donors (Lipinski definition) is 2. The smallest absolute Gasteiger partial charge is 0.248 e. The lowest BCUT2D eigenvalue weighted by atomic mass is 9.95. The molecule has 1 aliphatic heterocycles. The van der Waals surface area contributed by atoms with Gasteiger partial charge in [0.25, 0.3) is 0 Å². The second-order valence-corrected chi connectivity index (χ2v) is 8.03. The largest absolute Gasteiger partial charge is 0.366 e. The summed E-state index contributed by atoms with van der Waals surface area (Å²) in [5, 5.41) is 3.45. The summed E-state index contributed by atoms with van der Waals surface area (Å²) >= 11 is 6.24. The molecule has 168 valence electrons. The summed E-state index contributed by atoms with van der Waals surface area (Å²) in [7, 11) is 0. The van der Waals surface area contributed by atoms with Crippen LogP contribution in [-0.2, 0) is 6.54 Å². The number of aliphatic imine (C=N–C) groups is 1. The fraction of sp³-hybridized carbons (Fsp3) is 0.0400. The molecule has 0 aliphatic carbocycles. The van der Waals surface area contributed by atoms with Crippen LogP contribution in [0.15, 0.2) is 71.9 Å². The number of rotatable bonds is 4. The summed E-state index contributed by atoms with van der Waals surface area (Å²) in [5.74, 6) is -1.74. The number of nitrogens with zero attached hydrogens (tertiary/aromatic N) is 3. The van der Waals surface area contributed by atoms with E-state index in [4.69, 9.17) is 17.3 Å². The van der Waals surface area contributed by atoms with Gasteiger partial charge in [0.1, 0.15) is 11.6 Å². The second kappa shape index (κ2) is 8.64. The second-order valence-electron chi connectivity index (χ2n) is 7.59. The van der Waals surface area contributed by atoms with Crippen LogP contribution in [0.5, 0.6) is 0 Å². The number of amides is 1. The molecule has 0 unspecified atom stereocenters. The first-order valence-electron chi connectivity index (χ1n) is 10.2. The number of carbonyl (C=O) groups excluding carboxylic acids is 1. The van der Waals surface area contributed by atoms with Crippen LogP contribution in [0.4, 0.5) is 20.4 Å². The Bertz CT molecular complexity index is 1470. The normalized spacial score (nSPS) is 12.3. The fourth-order valence-corrected chi connectivity index (χ4v) is 3.97. The van der Waals surface area contributed by atoms with Crippen molar-refractivity contribution in [3.8, 4) is 11.3 Å². The maximum absolute atomic E-state index is 14.7. The molecule has 34 heavy (non-hydrogen) atoms. The molecule has 0 spiro atoms. The quantitative estimate of drug-likeness (QED) is 0.420. The molecule has 9 heteroatoms. The van der Waals surface area contributed by atoms with Crippen molar-refractivity contribution in [2.24, 2.45) is 10.7 Å². The summed E-state index contributed by atoms with van der Waals surface area (Å²) in [6.07, 6.45) is 1.60. The predicted molar refractivity (Wildman–Crippen MR) is 126 cm³/mol. The van der Waals surface area contributed by atoms with E-state index in [0.29, 0.717) is 38.7 Å². The molecule has 2 heterocycles. The van der Waals surface area contributed by atoms with Crippen LogP contribution in [0.2, 0.25) is 5.02 Å². The van der Waals surface area contributed by atoms with Crippen LogP contribution in [0, 0.1) is 11.6 Å². The Labute approximate surface area is 198 Å². The van der Waals surface area contributed by atoms with Gasteiger partial charge in [0.15, 0.2) is 0 Å². The van der Waals surface area contributed by atoms with Crippen LogP contribution in [0.1, 0.15) is 27.0 Å². The highest BCUT2D eigenvalue weighted by atomic mass is 35.5. The average molecular weight is 476 g/mol. The number of hydrogen-bond acceptors (Lipinski definition) is 5. The molecule has 1 aliphatic rings. The van der Waals surface area contributed by atoms with Crippen LogP contribution in [-0.4, -0.2) is 21.6 Å². The Kier molecular flexibility index (Phi) is 5.51. The molecule has 0 saturated heterocycles. The molecule has 3 aromatic carbocycles. The van der Waals surface area contributed by atoms with Crippen molar-refractivity contribution in [3.63, 3.8) is 0 Å². The van der Waals surface area contributed by atoms with Crippen molar-refractivity contribution in [2.75, 3.05) is 5.32 Å². The first-order chi connectivity index (χ1) is 16.4. The monoisotopic (exact) mass is 475 g/mol. The fourth-order valence-electron chi connectivity index (χ4n) is 3.80. The van der Waals surface area contributed by atoms with Gasteiger partial charge >= 0.3 is 0 Å². The molecule has 0 fully saturated rings. The maximum atomic E-state index is 14.7. The number of halogens is 3. The van der Waals surface area contributed by atoms with Gasteiger partial charge in [-0.2, -0.15) is 0 Å². The summed E-state index contributed by atoms with van der Waals surface area (Å²) < 4.78 is 29.3. The molecule has 4 aromatic rings. The van der Waals surface area contributed by atoms with Gasteiger partial charge in [-0.25, -0.2) is 18.7 Å². The Morgan fingerprint density at radius 2 is 1.76 bits per heavy atom. The predicted octanol–water partition coefficient (Wildman–Crippen LogP) is 5.27. The Hall–Kier alpha value is -4.17. The van der Waals surface area contributed by atoms with E-state index in [1.165, 1.54) is 18.2 Å². The van der Waals surface area contributed by atoms with Crippen molar-refractivity contribution in [1.82, 2.24) is 9.97 Å². The van der Waals surface area contributed by atoms with E-state index in [2.05, 4.69) is 20.3 Å². The van der Waals surface area contributed by atoms with Crippen molar-refractivity contribution < 1.29 is 13.6 Å². The highest BCUT2D eigenvalue weighted by Crippen LogP contribution is 2.34. The van der Waals surface area contributed by atoms with E-state index < -0.39 is 17.5 Å². The van der Waals surface area contributed by atoms with Gasteiger partial charge < -0.3 is 11.1 Å². The van der Waals surface area contributed by atoms with E-state index in [-0.39, 0.29) is 23.8 Å². The molecule has 1 aromatic heterocycles. The zero-order valence-corrected chi connectivity index (χ0v) is 18.3. The van der Waals surface area contributed by atoms with Gasteiger partial charge in [0.2, 0.25) is 11.9 Å². The average Bonchev–Trinajstić information content (AvgIpc) is 2.96. The molecule has 0 bridgehead atoms. The van der Waals surface area contributed by atoms with E-state index in [9.17, 15) is 13.6 Å². The minimum absolute atomic E-state index is 0.113. The molecule has 0 atom stereocenters. The number of aromatic nitrogens is 2. The third-order valence-electron chi connectivity index (χ3n) is 5.37. The van der Waals surface area contributed by atoms with E-state index in [0.717, 1.165) is 0 Å². The van der Waals surface area contributed by atoms with Gasteiger partial charge in [-0.15, -0.1) is 0 Å². The van der Waals surface area contributed by atoms with Crippen LogP contribution >= 0.6 is 11.6 Å². The maximum Gasteiger partial charge on any atom is 0.248 e. The molecule has 5 rings (SSSR count). The number of carbonyl (C=O) groups is 1. The molecule has 3 N–H and O–H groups in total. The van der Waals surface area contributed by atoms with Crippen molar-refractivity contribution >= 4 is 34.9 Å². The van der Waals surface area contributed by atoms with Gasteiger partial charge in [0, 0.05) is 39.2 Å². The first-order valence-corrected chi connectivity index (χ1v) is 10.6. The molecular weight excluding hydrogens is 460 g/mol. The summed E-state index contributed by atoms with van der Waals surface area (Å²) in [5.41, 5.74) is 8.47. The Balaban J connectivity index is 1.62. The number of anilines is 2. The molecule has 0 saturated carbocycles. The number of nitrogens with one attached hydrogen (secondary N) is 1. The number of benzene rings is 3. The first kappa shape index (κ1) is 21.7. The van der Waals surface area contributed by atoms with Gasteiger partial charge in [-0.1, -0.05) is 29.8 Å². The zero-order valence-electron chi connectivity index (χ0n) is 17.5. The zero-order chi connectivity index (χ0) is 23.8. The standard InChI is InChI=1S/C25H16ClF2N5O/c26-15-7-8-17-18(10-15)23(21-19(27)5-2-6-20(21)28)30-11-14-12-31-25(33-22(14)17)32-16-4-1-3-13(9-16)24(29)34/h1-10,12H,11H2,(H2,29,34)(H,31,32,33). The highest BCUT2D eigenvalue weighted by Gasteiger charge is 2.25. The lowest BCUT2D eigenvalue weighted by molar-refractivity contribution is 0.100. The third-order valence-corrected chi connectivity index (χ3v) is 5.60. The molecular formula is C25H16ClF2N5O. The van der Waals surface area contributed by atoms with Crippen LogP contribution in [0.3, 0.4) is 0 Å². The van der Waals surface area contributed by atoms with Gasteiger partial charge in [-0.3, -0.25) is 9.79 Å². The minimum atomic E-state index is -0.724. The van der Waals surface area contributed by atoms with Gasteiger partial charge in [0.05, 0.1) is 23.5 Å². The summed E-state index contributed by atoms with van der Waals surface area (Å²) in [4.78, 5) is 25.0. The van der Waals surface area contributed by atoms with E-state index >= 15 is 0 Å². The Morgan fingerprint density at radius 1 is 1.00 bits per heavy atom. The molecule has 1 amide bonds. The minimum Gasteiger partial charge on any atom is -0.366 e. The van der Waals surface area contributed by atoms with Gasteiger partial charge in [-0.05, 0) is 42.5 Å².